The summed E-state index contributed by atoms with van der Waals surface area (Å²) in [6, 6.07) is 1.68. The Morgan fingerprint density at radius 1 is 1.35 bits per heavy atom. The van der Waals surface area contributed by atoms with Crippen LogP contribution >= 0.6 is 24.8 Å². The first-order valence-corrected chi connectivity index (χ1v) is 5.40. The zero-order valence-corrected chi connectivity index (χ0v) is 11.1. The SMILES string of the molecule is Cl.Cl.Fc1cnccc1NCC1CCNCC1. The summed E-state index contributed by atoms with van der Waals surface area (Å²) in [6.07, 6.45) is 5.18. The second-order valence-corrected chi connectivity index (χ2v) is 3.93. The van der Waals surface area contributed by atoms with E-state index in [9.17, 15) is 4.39 Å². The molecular weight excluding hydrogens is 264 g/mol. The fraction of sp³-hybridized carbons (Fsp3) is 0.545. The van der Waals surface area contributed by atoms with Crippen LogP contribution in [0.4, 0.5) is 10.1 Å². The van der Waals surface area contributed by atoms with Gasteiger partial charge in [-0.3, -0.25) is 4.98 Å². The Kier molecular flexibility index (Phi) is 8.21. The van der Waals surface area contributed by atoms with Crippen molar-refractivity contribution in [1.82, 2.24) is 10.3 Å². The number of piperidine rings is 1. The number of rotatable bonds is 3. The van der Waals surface area contributed by atoms with E-state index in [0.29, 0.717) is 11.6 Å². The van der Waals surface area contributed by atoms with Crippen LogP contribution in [0.25, 0.3) is 0 Å². The zero-order chi connectivity index (χ0) is 10.5. The van der Waals surface area contributed by atoms with Gasteiger partial charge in [-0.25, -0.2) is 4.39 Å². The van der Waals surface area contributed by atoms with Gasteiger partial charge < -0.3 is 10.6 Å². The van der Waals surface area contributed by atoms with Crippen molar-refractivity contribution in [3.05, 3.63) is 24.3 Å². The minimum atomic E-state index is -0.272. The molecule has 1 saturated heterocycles. The number of nitrogens with zero attached hydrogens (tertiary/aromatic N) is 1. The van der Waals surface area contributed by atoms with Crippen LogP contribution in [0.15, 0.2) is 18.5 Å². The van der Waals surface area contributed by atoms with E-state index >= 15 is 0 Å². The highest BCUT2D eigenvalue weighted by Crippen LogP contribution is 2.15. The molecule has 2 heterocycles. The first-order valence-electron chi connectivity index (χ1n) is 5.40. The Labute approximate surface area is 113 Å². The van der Waals surface area contributed by atoms with Gasteiger partial charge in [0.05, 0.1) is 11.9 Å². The Hall–Kier alpha value is -0.580. The van der Waals surface area contributed by atoms with Gasteiger partial charge in [-0.1, -0.05) is 0 Å². The summed E-state index contributed by atoms with van der Waals surface area (Å²) in [6.45, 7) is 3.00. The molecule has 6 heteroatoms. The molecule has 0 amide bonds. The Morgan fingerprint density at radius 3 is 2.71 bits per heavy atom. The van der Waals surface area contributed by atoms with Gasteiger partial charge in [0.1, 0.15) is 0 Å². The second kappa shape index (κ2) is 8.50. The molecule has 1 aromatic rings. The highest BCUT2D eigenvalue weighted by atomic mass is 35.5. The average molecular weight is 282 g/mol. The normalized spacial score (nSPS) is 15.6. The molecule has 17 heavy (non-hydrogen) atoms. The summed E-state index contributed by atoms with van der Waals surface area (Å²) in [5.41, 5.74) is 0.559. The predicted molar refractivity (Wildman–Crippen MR) is 72.8 cm³/mol. The lowest BCUT2D eigenvalue weighted by Crippen LogP contribution is -2.31. The molecule has 0 atom stereocenters. The van der Waals surface area contributed by atoms with E-state index in [0.717, 1.165) is 19.6 Å². The average Bonchev–Trinajstić information content (AvgIpc) is 2.29. The number of hydrogen-bond acceptors (Lipinski definition) is 3. The van der Waals surface area contributed by atoms with E-state index in [-0.39, 0.29) is 30.6 Å². The van der Waals surface area contributed by atoms with Gasteiger partial charge in [-0.05, 0) is 37.9 Å². The van der Waals surface area contributed by atoms with Crippen molar-refractivity contribution in [3.63, 3.8) is 0 Å². The summed E-state index contributed by atoms with van der Waals surface area (Å²) in [5.74, 6) is 0.380. The van der Waals surface area contributed by atoms with Gasteiger partial charge in [-0.2, -0.15) is 0 Å². The van der Waals surface area contributed by atoms with E-state index in [1.165, 1.54) is 19.0 Å². The number of hydrogen-bond donors (Lipinski definition) is 2. The fourth-order valence-corrected chi connectivity index (χ4v) is 1.86. The van der Waals surface area contributed by atoms with Crippen LogP contribution < -0.4 is 10.6 Å². The van der Waals surface area contributed by atoms with Crippen molar-refractivity contribution in [2.24, 2.45) is 5.92 Å². The van der Waals surface area contributed by atoms with E-state index in [4.69, 9.17) is 0 Å². The standard InChI is InChI=1S/C11H16FN3.2ClH/c12-10-8-14-6-3-11(10)15-7-9-1-4-13-5-2-9;;/h3,6,8-9,13H,1-2,4-5,7H2,(H,14,15);2*1H. The summed E-state index contributed by atoms with van der Waals surface area (Å²) < 4.78 is 13.2. The molecule has 2 N–H and O–H groups in total. The van der Waals surface area contributed by atoms with Gasteiger partial charge in [0.25, 0.3) is 0 Å². The predicted octanol–water partition coefficient (Wildman–Crippen LogP) is 2.48. The lowest BCUT2D eigenvalue weighted by Gasteiger charge is -2.23. The maximum absolute atomic E-state index is 13.2. The third-order valence-electron chi connectivity index (χ3n) is 2.81. The monoisotopic (exact) mass is 281 g/mol. The molecule has 2 rings (SSSR count). The Morgan fingerprint density at radius 2 is 2.06 bits per heavy atom. The third kappa shape index (κ3) is 5.06. The minimum Gasteiger partial charge on any atom is -0.382 e. The van der Waals surface area contributed by atoms with Gasteiger partial charge in [-0.15, -0.1) is 24.8 Å². The van der Waals surface area contributed by atoms with E-state index in [1.54, 1.807) is 12.3 Å². The smallest absolute Gasteiger partial charge is 0.164 e. The highest BCUT2D eigenvalue weighted by Gasteiger charge is 2.12. The largest absolute Gasteiger partial charge is 0.382 e. The summed E-state index contributed by atoms with van der Waals surface area (Å²) in [5, 5.41) is 6.45. The van der Waals surface area contributed by atoms with Gasteiger partial charge >= 0.3 is 0 Å². The zero-order valence-electron chi connectivity index (χ0n) is 9.49. The van der Waals surface area contributed by atoms with Gasteiger partial charge in [0.15, 0.2) is 5.82 Å². The number of aromatic nitrogens is 1. The molecule has 98 valence electrons. The van der Waals surface area contributed by atoms with Crippen molar-refractivity contribution in [2.45, 2.75) is 12.8 Å². The quantitative estimate of drug-likeness (QED) is 0.894. The fourth-order valence-electron chi connectivity index (χ4n) is 1.86. The third-order valence-corrected chi connectivity index (χ3v) is 2.81. The molecule has 0 spiro atoms. The van der Waals surface area contributed by atoms with Crippen molar-refractivity contribution in [3.8, 4) is 0 Å². The van der Waals surface area contributed by atoms with Crippen LogP contribution in [-0.2, 0) is 0 Å². The van der Waals surface area contributed by atoms with Crippen LogP contribution in [0.2, 0.25) is 0 Å². The van der Waals surface area contributed by atoms with Crippen molar-refractivity contribution in [2.75, 3.05) is 25.0 Å². The summed E-state index contributed by atoms with van der Waals surface area (Å²) in [4.78, 5) is 3.71. The maximum Gasteiger partial charge on any atom is 0.164 e. The molecule has 1 aromatic heterocycles. The van der Waals surface area contributed by atoms with E-state index in [2.05, 4.69) is 15.6 Å². The maximum atomic E-state index is 13.2. The first-order chi connectivity index (χ1) is 7.36. The molecule has 0 aromatic carbocycles. The highest BCUT2D eigenvalue weighted by molar-refractivity contribution is 5.85. The molecule has 0 aliphatic carbocycles. The lowest BCUT2D eigenvalue weighted by molar-refractivity contribution is 0.389. The number of nitrogens with one attached hydrogen (secondary N) is 2. The van der Waals surface area contributed by atoms with Gasteiger partial charge in [0.2, 0.25) is 0 Å². The molecule has 1 aliphatic heterocycles. The van der Waals surface area contributed by atoms with E-state index < -0.39 is 0 Å². The van der Waals surface area contributed by atoms with Crippen LogP contribution in [-0.4, -0.2) is 24.6 Å². The number of anilines is 1. The van der Waals surface area contributed by atoms with Crippen molar-refractivity contribution >= 4 is 30.5 Å². The second-order valence-electron chi connectivity index (χ2n) is 3.93. The van der Waals surface area contributed by atoms with Crippen LogP contribution in [0, 0.1) is 11.7 Å². The molecule has 1 fully saturated rings. The van der Waals surface area contributed by atoms with Gasteiger partial charge in [0, 0.05) is 12.7 Å². The number of pyridine rings is 1. The topological polar surface area (TPSA) is 37.0 Å². The minimum absolute atomic E-state index is 0. The molecule has 3 nitrogen and oxygen atoms in total. The Bertz CT molecular complexity index is 319. The van der Waals surface area contributed by atoms with E-state index in [1.807, 2.05) is 0 Å². The summed E-state index contributed by atoms with van der Waals surface area (Å²) >= 11 is 0. The number of halogens is 3. The molecule has 0 radical (unpaired) electrons. The lowest BCUT2D eigenvalue weighted by atomic mass is 9.98. The molecule has 0 bridgehead atoms. The van der Waals surface area contributed by atoms with Crippen LogP contribution in [0.3, 0.4) is 0 Å². The molecule has 0 unspecified atom stereocenters. The van der Waals surface area contributed by atoms with Crippen molar-refractivity contribution < 1.29 is 4.39 Å². The molecule has 0 saturated carbocycles. The molecular formula is C11H18Cl2FN3. The molecule has 1 aliphatic rings. The Balaban J connectivity index is 0.00000128. The van der Waals surface area contributed by atoms with Crippen molar-refractivity contribution in [1.29, 1.82) is 0 Å². The van der Waals surface area contributed by atoms with Crippen LogP contribution in [0.5, 0.6) is 0 Å². The van der Waals surface area contributed by atoms with Crippen LogP contribution in [0.1, 0.15) is 12.8 Å². The summed E-state index contributed by atoms with van der Waals surface area (Å²) in [7, 11) is 0. The first kappa shape index (κ1) is 16.4.